The van der Waals surface area contributed by atoms with Crippen LogP contribution in [0.4, 0.5) is 11.5 Å². The minimum Gasteiger partial charge on any atom is -0.339 e. The van der Waals surface area contributed by atoms with Gasteiger partial charge in [-0.15, -0.1) is 10.2 Å². The van der Waals surface area contributed by atoms with Crippen LogP contribution in [0.1, 0.15) is 11.1 Å². The van der Waals surface area contributed by atoms with Gasteiger partial charge in [0.05, 0.1) is 0 Å². The number of anilines is 2. The minimum absolute atomic E-state index is 0.454. The van der Waals surface area contributed by atoms with Crippen LogP contribution in [0.2, 0.25) is 5.15 Å². The fourth-order valence-electron chi connectivity index (χ4n) is 1.36. The van der Waals surface area contributed by atoms with Gasteiger partial charge in [0.25, 0.3) is 0 Å². The Morgan fingerprint density at radius 1 is 1.06 bits per heavy atom. The van der Waals surface area contributed by atoms with Crippen molar-refractivity contribution in [2.24, 2.45) is 0 Å². The first-order valence-corrected chi connectivity index (χ1v) is 6.55. The molecule has 1 aromatic carbocycles. The smallest absolute Gasteiger partial charge is 0.156 e. The molecule has 0 aliphatic carbocycles. The molecule has 5 heteroatoms. The van der Waals surface area contributed by atoms with Crippen molar-refractivity contribution in [2.45, 2.75) is 13.8 Å². The first kappa shape index (κ1) is 12.6. The highest BCUT2D eigenvalue weighted by molar-refractivity contribution is 14.1. The van der Waals surface area contributed by atoms with Gasteiger partial charge in [-0.2, -0.15) is 0 Å². The number of benzene rings is 1. The van der Waals surface area contributed by atoms with Crippen LogP contribution in [0.25, 0.3) is 0 Å². The van der Waals surface area contributed by atoms with Crippen molar-refractivity contribution in [2.75, 3.05) is 5.32 Å². The van der Waals surface area contributed by atoms with Crippen LogP contribution in [-0.4, -0.2) is 10.2 Å². The summed E-state index contributed by atoms with van der Waals surface area (Å²) in [7, 11) is 0. The largest absolute Gasteiger partial charge is 0.339 e. The molecule has 88 valence electrons. The molecule has 0 unspecified atom stereocenters. The second kappa shape index (κ2) is 5.18. The molecule has 2 rings (SSSR count). The number of rotatable bonds is 2. The molecule has 1 aromatic heterocycles. The Balaban J connectivity index is 2.30. The van der Waals surface area contributed by atoms with Crippen LogP contribution in [-0.2, 0) is 0 Å². The fraction of sp³-hybridized carbons (Fsp3) is 0.167. The summed E-state index contributed by atoms with van der Waals surface area (Å²) in [6.45, 7) is 3.91. The van der Waals surface area contributed by atoms with E-state index in [0.717, 1.165) is 22.6 Å². The normalized spacial score (nSPS) is 10.4. The minimum atomic E-state index is 0.454. The van der Waals surface area contributed by atoms with Crippen molar-refractivity contribution in [3.05, 3.63) is 44.1 Å². The van der Waals surface area contributed by atoms with Crippen LogP contribution >= 0.6 is 34.2 Å². The van der Waals surface area contributed by atoms with Gasteiger partial charge in [-0.1, -0.05) is 11.6 Å². The quantitative estimate of drug-likeness (QED) is 0.821. The molecule has 0 atom stereocenters. The van der Waals surface area contributed by atoms with E-state index < -0.39 is 0 Å². The van der Waals surface area contributed by atoms with Crippen molar-refractivity contribution >= 4 is 45.7 Å². The summed E-state index contributed by atoms with van der Waals surface area (Å²) in [5.74, 6) is 0.744. The number of halogens is 2. The molecule has 0 aliphatic heterocycles. The molecule has 0 saturated carbocycles. The van der Waals surface area contributed by atoms with Crippen molar-refractivity contribution in [3.8, 4) is 0 Å². The fourth-order valence-corrected chi connectivity index (χ4v) is 1.90. The summed E-state index contributed by atoms with van der Waals surface area (Å²) in [4.78, 5) is 0. The third-order valence-corrected chi connectivity index (χ3v) is 3.65. The summed E-state index contributed by atoms with van der Waals surface area (Å²) in [6, 6.07) is 8.09. The van der Waals surface area contributed by atoms with E-state index in [4.69, 9.17) is 11.6 Å². The van der Waals surface area contributed by atoms with E-state index in [-0.39, 0.29) is 0 Å². The van der Waals surface area contributed by atoms with Crippen LogP contribution in [0, 0.1) is 17.4 Å². The highest BCUT2D eigenvalue weighted by Gasteiger charge is 2.07. The monoisotopic (exact) mass is 359 g/mol. The summed E-state index contributed by atoms with van der Waals surface area (Å²) in [5.41, 5.74) is 2.96. The van der Waals surface area contributed by atoms with Gasteiger partial charge in [0.2, 0.25) is 0 Å². The third-order valence-electron chi connectivity index (χ3n) is 2.57. The van der Waals surface area contributed by atoms with Gasteiger partial charge in [-0.3, -0.25) is 0 Å². The lowest BCUT2D eigenvalue weighted by molar-refractivity contribution is 1.00. The van der Waals surface area contributed by atoms with E-state index in [0.29, 0.717) is 5.15 Å². The van der Waals surface area contributed by atoms with Gasteiger partial charge in [-0.25, -0.2) is 0 Å². The van der Waals surface area contributed by atoms with E-state index in [1.165, 1.54) is 3.57 Å². The van der Waals surface area contributed by atoms with E-state index in [1.807, 2.05) is 38.1 Å². The zero-order valence-electron chi connectivity index (χ0n) is 9.46. The Kier molecular flexibility index (Phi) is 3.83. The predicted molar refractivity (Wildman–Crippen MR) is 79.0 cm³/mol. The summed E-state index contributed by atoms with van der Waals surface area (Å²) in [6.07, 6.45) is 0. The molecule has 3 nitrogen and oxygen atoms in total. The molecule has 2 aromatic rings. The van der Waals surface area contributed by atoms with Crippen molar-refractivity contribution < 1.29 is 0 Å². The zero-order valence-corrected chi connectivity index (χ0v) is 12.4. The molecule has 17 heavy (non-hydrogen) atoms. The average Bonchev–Trinajstić information content (AvgIpc) is 2.33. The first-order chi connectivity index (χ1) is 8.08. The average molecular weight is 360 g/mol. The molecular weight excluding hydrogens is 349 g/mol. The van der Waals surface area contributed by atoms with Crippen LogP contribution < -0.4 is 5.32 Å². The Hall–Kier alpha value is -0.880. The molecule has 1 heterocycles. The highest BCUT2D eigenvalue weighted by atomic mass is 127. The van der Waals surface area contributed by atoms with E-state index in [2.05, 4.69) is 38.1 Å². The molecule has 0 spiro atoms. The Bertz CT molecular complexity index is 540. The Morgan fingerprint density at radius 3 is 2.35 bits per heavy atom. The maximum atomic E-state index is 5.91. The molecule has 0 saturated heterocycles. The maximum Gasteiger partial charge on any atom is 0.156 e. The topological polar surface area (TPSA) is 37.8 Å². The maximum absolute atomic E-state index is 5.91. The Morgan fingerprint density at radius 2 is 1.71 bits per heavy atom. The van der Waals surface area contributed by atoms with Gasteiger partial charge in [0.1, 0.15) is 0 Å². The summed E-state index contributed by atoms with van der Waals surface area (Å²) < 4.78 is 1.20. The third kappa shape index (κ3) is 2.87. The molecule has 1 N–H and O–H groups in total. The van der Waals surface area contributed by atoms with E-state index in [1.54, 1.807) is 0 Å². The number of hydrogen-bond acceptors (Lipinski definition) is 3. The number of aromatic nitrogens is 2. The molecular formula is C12H11ClIN3. The van der Waals surface area contributed by atoms with E-state index >= 15 is 0 Å². The molecule has 0 aliphatic rings. The van der Waals surface area contributed by atoms with Crippen LogP contribution in [0.5, 0.6) is 0 Å². The predicted octanol–water partition coefficient (Wildman–Crippen LogP) is 4.10. The zero-order chi connectivity index (χ0) is 12.4. The number of nitrogens with zero attached hydrogens (tertiary/aromatic N) is 2. The standard InChI is InChI=1S/C12H11ClIN3/c1-7-8(2)12(17-16-11(7)13)15-10-5-3-9(14)4-6-10/h3-6H,1-2H3,(H,15,17). The van der Waals surface area contributed by atoms with Crippen molar-refractivity contribution in [1.82, 2.24) is 10.2 Å². The number of hydrogen-bond donors (Lipinski definition) is 1. The van der Waals surface area contributed by atoms with Gasteiger partial charge < -0.3 is 5.32 Å². The van der Waals surface area contributed by atoms with Gasteiger partial charge >= 0.3 is 0 Å². The second-order valence-electron chi connectivity index (χ2n) is 3.72. The van der Waals surface area contributed by atoms with Gasteiger partial charge in [0, 0.05) is 9.26 Å². The van der Waals surface area contributed by atoms with Crippen LogP contribution in [0.15, 0.2) is 24.3 Å². The Labute approximate surface area is 119 Å². The van der Waals surface area contributed by atoms with Crippen LogP contribution in [0.3, 0.4) is 0 Å². The second-order valence-corrected chi connectivity index (χ2v) is 5.32. The molecule has 0 radical (unpaired) electrons. The number of nitrogens with one attached hydrogen (secondary N) is 1. The lowest BCUT2D eigenvalue weighted by Gasteiger charge is -2.10. The van der Waals surface area contributed by atoms with E-state index in [9.17, 15) is 0 Å². The molecule has 0 fully saturated rings. The van der Waals surface area contributed by atoms with Crippen molar-refractivity contribution in [3.63, 3.8) is 0 Å². The van der Waals surface area contributed by atoms with Gasteiger partial charge in [0.15, 0.2) is 11.0 Å². The lowest BCUT2D eigenvalue weighted by Crippen LogP contribution is -2.01. The molecule has 0 bridgehead atoms. The first-order valence-electron chi connectivity index (χ1n) is 5.10. The lowest BCUT2D eigenvalue weighted by atomic mass is 10.2. The summed E-state index contributed by atoms with van der Waals surface area (Å²) >= 11 is 8.18. The van der Waals surface area contributed by atoms with Crippen molar-refractivity contribution in [1.29, 1.82) is 0 Å². The van der Waals surface area contributed by atoms with Gasteiger partial charge in [-0.05, 0) is 71.8 Å². The molecule has 0 amide bonds. The SMILES string of the molecule is Cc1c(Cl)nnc(Nc2ccc(I)cc2)c1C. The summed E-state index contributed by atoms with van der Waals surface area (Å²) in [5, 5.41) is 11.7. The highest BCUT2D eigenvalue weighted by Crippen LogP contribution is 2.23.